The Bertz CT molecular complexity index is 1190. The van der Waals surface area contributed by atoms with Crippen LogP contribution in [0.4, 0.5) is 4.79 Å². The average Bonchev–Trinajstić information content (AvgIpc) is 3.01. The highest BCUT2D eigenvalue weighted by Gasteiger charge is 2.31. The largest absolute Gasteiger partial charge is 0.481 e. The minimum Gasteiger partial charge on any atom is -0.481 e. The maximum atomic E-state index is 13.4. The fraction of sp³-hybridized carbons (Fsp3) is 0.500. The quantitative estimate of drug-likeness (QED) is 0.289. The van der Waals surface area contributed by atoms with Crippen LogP contribution in [0.5, 0.6) is 5.88 Å². The summed E-state index contributed by atoms with van der Waals surface area (Å²) in [5.74, 6) is -1.87. The van der Waals surface area contributed by atoms with Gasteiger partial charge in [0.2, 0.25) is 11.8 Å². The first kappa shape index (κ1) is 32.2. The van der Waals surface area contributed by atoms with Crippen molar-refractivity contribution >= 4 is 23.9 Å². The summed E-state index contributed by atoms with van der Waals surface area (Å²) in [5, 5.41) is 11.9. The zero-order valence-corrected chi connectivity index (χ0v) is 23.8. The summed E-state index contributed by atoms with van der Waals surface area (Å²) >= 11 is 0. The molecule has 14 heteroatoms. The molecule has 1 aromatic carbocycles. The number of carboxylic acid groups (broad SMARTS) is 1. The number of aromatic nitrogens is 2. The lowest BCUT2D eigenvalue weighted by molar-refractivity contribution is -0.138. The molecule has 1 saturated heterocycles. The molecule has 0 saturated carbocycles. The SMILES string of the molecule is CCOC(=O)N1CCN(C(=O)C(CCC(=O)O)NC(=O)c2cc(OCCOCCOC)nc(-c3ccccc3)n2)CC1. The van der Waals surface area contributed by atoms with Crippen molar-refractivity contribution in [1.82, 2.24) is 25.1 Å². The molecule has 0 aliphatic carbocycles. The Kier molecular flexibility index (Phi) is 12.9. The van der Waals surface area contributed by atoms with E-state index < -0.39 is 29.9 Å². The number of benzene rings is 1. The van der Waals surface area contributed by atoms with Crippen LogP contribution in [0.2, 0.25) is 0 Å². The van der Waals surface area contributed by atoms with E-state index in [1.807, 2.05) is 6.07 Å². The summed E-state index contributed by atoms with van der Waals surface area (Å²) in [6.45, 7) is 4.17. The van der Waals surface area contributed by atoms with Crippen LogP contribution in [-0.2, 0) is 23.8 Å². The van der Waals surface area contributed by atoms with Gasteiger partial charge >= 0.3 is 12.1 Å². The van der Waals surface area contributed by atoms with Gasteiger partial charge in [0.15, 0.2) is 5.82 Å². The number of ether oxygens (including phenoxy) is 4. The molecular weight excluding hydrogens is 550 g/mol. The highest BCUT2D eigenvalue weighted by atomic mass is 16.6. The fourth-order valence-corrected chi connectivity index (χ4v) is 4.08. The third-order valence-corrected chi connectivity index (χ3v) is 6.24. The maximum absolute atomic E-state index is 13.4. The normalized spacial score (nSPS) is 13.8. The van der Waals surface area contributed by atoms with Crippen LogP contribution >= 0.6 is 0 Å². The van der Waals surface area contributed by atoms with Crippen LogP contribution in [0.15, 0.2) is 36.4 Å². The summed E-state index contributed by atoms with van der Waals surface area (Å²) in [6, 6.07) is 9.23. The van der Waals surface area contributed by atoms with Crippen molar-refractivity contribution in [1.29, 1.82) is 0 Å². The first-order valence-electron chi connectivity index (χ1n) is 13.7. The van der Waals surface area contributed by atoms with Crippen LogP contribution in [0, 0.1) is 0 Å². The zero-order valence-electron chi connectivity index (χ0n) is 23.8. The molecule has 0 spiro atoms. The molecule has 3 amide bonds. The summed E-state index contributed by atoms with van der Waals surface area (Å²) in [4.78, 5) is 61.9. The number of hydrogen-bond acceptors (Lipinski definition) is 10. The summed E-state index contributed by atoms with van der Waals surface area (Å²) < 4.78 is 21.1. The lowest BCUT2D eigenvalue weighted by Gasteiger charge is -2.35. The second-order valence-corrected chi connectivity index (χ2v) is 9.20. The number of carbonyl (C=O) groups is 4. The minimum atomic E-state index is -1.13. The van der Waals surface area contributed by atoms with E-state index in [9.17, 15) is 24.3 Å². The average molecular weight is 588 g/mol. The molecular formula is C28H37N5O9. The lowest BCUT2D eigenvalue weighted by Crippen LogP contribution is -2.56. The smallest absolute Gasteiger partial charge is 0.409 e. The number of aliphatic carboxylic acids is 1. The minimum absolute atomic E-state index is 0.0561. The Hall–Kier alpha value is -4.30. The van der Waals surface area contributed by atoms with Gasteiger partial charge in [0.05, 0.1) is 26.4 Å². The summed E-state index contributed by atoms with van der Waals surface area (Å²) in [5.41, 5.74) is 0.589. The van der Waals surface area contributed by atoms with E-state index in [2.05, 4.69) is 15.3 Å². The molecule has 3 rings (SSSR count). The van der Waals surface area contributed by atoms with E-state index in [0.29, 0.717) is 18.8 Å². The van der Waals surface area contributed by atoms with Gasteiger partial charge in [-0.1, -0.05) is 30.3 Å². The number of hydrogen-bond donors (Lipinski definition) is 2. The number of carbonyl (C=O) groups excluding carboxylic acids is 3. The first-order chi connectivity index (χ1) is 20.3. The van der Waals surface area contributed by atoms with E-state index in [-0.39, 0.29) is 76.2 Å². The highest BCUT2D eigenvalue weighted by molar-refractivity contribution is 5.96. The third kappa shape index (κ3) is 9.96. The molecule has 1 aliphatic heterocycles. The van der Waals surface area contributed by atoms with Crippen LogP contribution < -0.4 is 10.1 Å². The van der Waals surface area contributed by atoms with E-state index >= 15 is 0 Å². The van der Waals surface area contributed by atoms with Gasteiger partial charge in [0, 0.05) is 51.3 Å². The first-order valence-corrected chi connectivity index (χ1v) is 13.7. The van der Waals surface area contributed by atoms with Gasteiger partial charge in [-0.2, -0.15) is 4.98 Å². The molecule has 1 atom stereocenters. The van der Waals surface area contributed by atoms with Gasteiger partial charge in [-0.3, -0.25) is 14.4 Å². The van der Waals surface area contributed by atoms with E-state index in [0.717, 1.165) is 0 Å². The molecule has 2 N–H and O–H groups in total. The van der Waals surface area contributed by atoms with E-state index in [1.165, 1.54) is 15.9 Å². The molecule has 2 heterocycles. The van der Waals surface area contributed by atoms with Crippen molar-refractivity contribution in [3.63, 3.8) is 0 Å². The van der Waals surface area contributed by atoms with Crippen molar-refractivity contribution < 1.29 is 43.2 Å². The number of carboxylic acids is 1. The number of rotatable bonds is 15. The third-order valence-electron chi connectivity index (χ3n) is 6.24. The molecule has 0 radical (unpaired) electrons. The Balaban J connectivity index is 1.75. The fourth-order valence-electron chi connectivity index (χ4n) is 4.08. The molecule has 228 valence electrons. The molecule has 1 unspecified atom stereocenters. The number of nitrogens with one attached hydrogen (secondary N) is 1. The van der Waals surface area contributed by atoms with Crippen molar-refractivity contribution in [3.8, 4) is 17.3 Å². The number of amides is 3. The van der Waals surface area contributed by atoms with Gasteiger partial charge in [-0.05, 0) is 13.3 Å². The van der Waals surface area contributed by atoms with Gasteiger partial charge in [0.25, 0.3) is 5.91 Å². The molecule has 2 aromatic rings. The molecule has 1 fully saturated rings. The van der Waals surface area contributed by atoms with Crippen LogP contribution in [0.3, 0.4) is 0 Å². The van der Waals surface area contributed by atoms with Crippen LogP contribution in [0.1, 0.15) is 30.3 Å². The zero-order chi connectivity index (χ0) is 30.3. The second kappa shape index (κ2) is 16.8. The van der Waals surface area contributed by atoms with Gasteiger partial charge in [0.1, 0.15) is 18.3 Å². The number of piperazine rings is 1. The molecule has 1 aromatic heterocycles. The van der Waals surface area contributed by atoms with Crippen molar-refractivity contribution in [2.75, 3.05) is 66.3 Å². The maximum Gasteiger partial charge on any atom is 0.409 e. The molecule has 14 nitrogen and oxygen atoms in total. The van der Waals surface area contributed by atoms with Crippen molar-refractivity contribution in [2.24, 2.45) is 0 Å². The standard InChI is InChI=1S/C28H37N5O9/c1-3-41-28(38)33-13-11-32(12-14-33)27(37)21(9-10-24(34)35)30-26(36)22-19-23(42-18-17-40-16-15-39-2)31-25(29-22)20-7-5-4-6-8-20/h4-8,19,21H,3,9-18H2,1-2H3,(H,30,36)(H,34,35). The highest BCUT2D eigenvalue weighted by Crippen LogP contribution is 2.20. The van der Waals surface area contributed by atoms with Crippen LogP contribution in [-0.4, -0.2) is 121 Å². The van der Waals surface area contributed by atoms with E-state index in [1.54, 1.807) is 38.3 Å². The molecule has 0 bridgehead atoms. The van der Waals surface area contributed by atoms with Gasteiger partial charge in [-0.25, -0.2) is 9.78 Å². The predicted octanol–water partition coefficient (Wildman–Crippen LogP) is 1.45. The van der Waals surface area contributed by atoms with Crippen LogP contribution in [0.25, 0.3) is 11.4 Å². The molecule has 1 aliphatic rings. The number of methoxy groups -OCH3 is 1. The summed E-state index contributed by atoms with van der Waals surface area (Å²) in [7, 11) is 1.57. The van der Waals surface area contributed by atoms with E-state index in [4.69, 9.17) is 18.9 Å². The monoisotopic (exact) mass is 587 g/mol. The predicted molar refractivity (Wildman–Crippen MR) is 149 cm³/mol. The Labute approximate surface area is 243 Å². The Morgan fingerprint density at radius 2 is 1.67 bits per heavy atom. The van der Waals surface area contributed by atoms with Crippen molar-refractivity contribution in [2.45, 2.75) is 25.8 Å². The second-order valence-electron chi connectivity index (χ2n) is 9.20. The number of nitrogens with zero attached hydrogens (tertiary/aromatic N) is 4. The van der Waals surface area contributed by atoms with Gasteiger partial charge < -0.3 is 39.2 Å². The topological polar surface area (TPSA) is 170 Å². The summed E-state index contributed by atoms with van der Waals surface area (Å²) in [6.07, 6.45) is -0.926. The lowest BCUT2D eigenvalue weighted by atomic mass is 10.1. The Morgan fingerprint density at radius 1 is 0.976 bits per heavy atom. The van der Waals surface area contributed by atoms with Crippen molar-refractivity contribution in [3.05, 3.63) is 42.1 Å². The Morgan fingerprint density at radius 3 is 2.33 bits per heavy atom. The molecule has 42 heavy (non-hydrogen) atoms. The van der Waals surface area contributed by atoms with Gasteiger partial charge in [-0.15, -0.1) is 0 Å².